The molecule has 0 saturated heterocycles. The van der Waals surface area contributed by atoms with Gasteiger partial charge in [-0.15, -0.1) is 0 Å². The molecule has 4 nitrogen and oxygen atoms in total. The summed E-state index contributed by atoms with van der Waals surface area (Å²) in [5, 5.41) is 22.4. The number of benzene rings is 2. The van der Waals surface area contributed by atoms with Crippen molar-refractivity contribution in [3.63, 3.8) is 0 Å². The van der Waals surface area contributed by atoms with Gasteiger partial charge in [0.2, 0.25) is 0 Å². The van der Waals surface area contributed by atoms with E-state index in [2.05, 4.69) is 10.3 Å². The molecule has 3 N–H and O–H groups in total. The van der Waals surface area contributed by atoms with Crippen molar-refractivity contribution in [1.29, 1.82) is 0 Å². The number of para-hydroxylation sites is 1. The van der Waals surface area contributed by atoms with Crippen LogP contribution in [0.1, 0.15) is 5.56 Å². The average Bonchev–Trinajstić information content (AvgIpc) is 2.65. The van der Waals surface area contributed by atoms with E-state index in [-0.39, 0.29) is 13.2 Å². The van der Waals surface area contributed by atoms with Crippen molar-refractivity contribution in [2.45, 2.75) is 12.3 Å². The van der Waals surface area contributed by atoms with Crippen molar-refractivity contribution < 1.29 is 23.4 Å². The maximum Gasteiger partial charge on any atom is 0.416 e. The molecule has 0 aliphatic carbocycles. The average molecular weight is 362 g/mol. The molecule has 0 aliphatic rings. The van der Waals surface area contributed by atoms with Gasteiger partial charge in [0, 0.05) is 23.2 Å². The van der Waals surface area contributed by atoms with Gasteiger partial charge in [-0.2, -0.15) is 13.2 Å². The summed E-state index contributed by atoms with van der Waals surface area (Å²) in [5.41, 5.74) is 1.70. The Morgan fingerprint density at radius 2 is 1.73 bits per heavy atom. The Morgan fingerprint density at radius 3 is 2.38 bits per heavy atom. The van der Waals surface area contributed by atoms with Crippen molar-refractivity contribution in [3.8, 4) is 11.3 Å². The fraction of sp³-hybridized carbons (Fsp3) is 0.211. The van der Waals surface area contributed by atoms with Crippen LogP contribution in [-0.4, -0.2) is 34.5 Å². The number of nitrogens with one attached hydrogen (secondary N) is 1. The lowest BCUT2D eigenvalue weighted by Crippen LogP contribution is -2.23. The predicted octanol–water partition coefficient (Wildman–Crippen LogP) is 3.69. The number of pyridine rings is 1. The number of rotatable bonds is 5. The lowest BCUT2D eigenvalue weighted by molar-refractivity contribution is -0.137. The van der Waals surface area contributed by atoms with E-state index in [1.54, 1.807) is 12.1 Å². The maximum atomic E-state index is 12.7. The number of hydrogen-bond acceptors (Lipinski definition) is 4. The Labute approximate surface area is 147 Å². The van der Waals surface area contributed by atoms with Gasteiger partial charge < -0.3 is 15.5 Å². The second-order valence-corrected chi connectivity index (χ2v) is 5.86. The predicted molar refractivity (Wildman–Crippen MR) is 93.8 cm³/mol. The first-order valence-electron chi connectivity index (χ1n) is 7.98. The lowest BCUT2D eigenvalue weighted by Gasteiger charge is -2.14. The molecule has 0 saturated carbocycles. The minimum absolute atomic E-state index is 0.136. The van der Waals surface area contributed by atoms with Gasteiger partial charge in [0.15, 0.2) is 0 Å². The molecule has 2 aromatic carbocycles. The number of alkyl halides is 3. The SMILES string of the molecule is OCC(O)CNc1cc(-c2ccc(C(F)(F)F)cc2)nc2ccccc12. The number of aromatic nitrogens is 1. The Bertz CT molecular complexity index is 895. The standard InChI is InChI=1S/C19H17F3N2O2/c20-19(21,22)13-7-5-12(6-8-13)17-9-18(23-10-14(26)11-25)15-3-1-2-4-16(15)24-17/h1-9,14,25-26H,10-11H2,(H,23,24). The Morgan fingerprint density at radius 1 is 1.04 bits per heavy atom. The van der Waals surface area contributed by atoms with Gasteiger partial charge in [0.25, 0.3) is 0 Å². The molecule has 0 aliphatic heterocycles. The number of halogens is 3. The molecule has 0 amide bonds. The molecular weight excluding hydrogens is 345 g/mol. The third kappa shape index (κ3) is 3.95. The molecule has 0 bridgehead atoms. The van der Waals surface area contributed by atoms with Crippen molar-refractivity contribution in [3.05, 3.63) is 60.2 Å². The van der Waals surface area contributed by atoms with E-state index >= 15 is 0 Å². The summed E-state index contributed by atoms with van der Waals surface area (Å²) in [4.78, 5) is 4.51. The summed E-state index contributed by atoms with van der Waals surface area (Å²) in [6.45, 7) is -0.237. The summed E-state index contributed by atoms with van der Waals surface area (Å²) in [7, 11) is 0. The second kappa shape index (κ2) is 7.31. The monoisotopic (exact) mass is 362 g/mol. The van der Waals surface area contributed by atoms with E-state index < -0.39 is 17.8 Å². The van der Waals surface area contributed by atoms with Crippen LogP contribution in [0.5, 0.6) is 0 Å². The molecule has 136 valence electrons. The molecule has 1 aromatic heterocycles. The molecule has 0 spiro atoms. The minimum atomic E-state index is -4.39. The van der Waals surface area contributed by atoms with Crippen LogP contribution in [-0.2, 0) is 6.18 Å². The highest BCUT2D eigenvalue weighted by Crippen LogP contribution is 2.32. The number of nitrogens with zero attached hydrogens (tertiary/aromatic N) is 1. The molecular formula is C19H17F3N2O2. The first-order chi connectivity index (χ1) is 12.4. The topological polar surface area (TPSA) is 65.4 Å². The van der Waals surface area contributed by atoms with Gasteiger partial charge in [-0.05, 0) is 24.3 Å². The van der Waals surface area contributed by atoms with Crippen molar-refractivity contribution >= 4 is 16.6 Å². The first-order valence-corrected chi connectivity index (χ1v) is 7.98. The quantitative estimate of drug-likeness (QED) is 0.648. The van der Waals surface area contributed by atoms with Crippen molar-refractivity contribution in [2.24, 2.45) is 0 Å². The summed E-state index contributed by atoms with van der Waals surface area (Å²) < 4.78 is 38.2. The summed E-state index contributed by atoms with van der Waals surface area (Å²) in [6.07, 6.45) is -5.31. The summed E-state index contributed by atoms with van der Waals surface area (Å²) in [6, 6.07) is 13.8. The van der Waals surface area contributed by atoms with Crippen LogP contribution in [0, 0.1) is 0 Å². The third-order valence-electron chi connectivity index (χ3n) is 3.96. The van der Waals surface area contributed by atoms with Crippen LogP contribution >= 0.6 is 0 Å². The molecule has 0 fully saturated rings. The van der Waals surface area contributed by atoms with E-state index in [9.17, 15) is 18.3 Å². The van der Waals surface area contributed by atoms with Crippen LogP contribution in [0.25, 0.3) is 22.2 Å². The fourth-order valence-corrected chi connectivity index (χ4v) is 2.59. The molecule has 0 radical (unpaired) electrons. The summed E-state index contributed by atoms with van der Waals surface area (Å²) in [5.74, 6) is 0. The highest BCUT2D eigenvalue weighted by atomic mass is 19.4. The van der Waals surface area contributed by atoms with Crippen molar-refractivity contribution in [1.82, 2.24) is 4.98 Å². The number of aliphatic hydroxyl groups excluding tert-OH is 2. The van der Waals surface area contributed by atoms with Crippen molar-refractivity contribution in [2.75, 3.05) is 18.5 Å². The number of anilines is 1. The molecule has 1 heterocycles. The Kier molecular flexibility index (Phi) is 5.11. The van der Waals surface area contributed by atoms with Gasteiger partial charge in [-0.1, -0.05) is 30.3 Å². The molecule has 1 atom stereocenters. The van der Waals surface area contributed by atoms with E-state index in [1.807, 2.05) is 18.2 Å². The van der Waals surface area contributed by atoms with Gasteiger partial charge in [-0.25, -0.2) is 4.98 Å². The minimum Gasteiger partial charge on any atom is -0.394 e. The lowest BCUT2D eigenvalue weighted by atomic mass is 10.1. The molecule has 3 rings (SSSR count). The third-order valence-corrected chi connectivity index (χ3v) is 3.96. The zero-order valence-electron chi connectivity index (χ0n) is 13.7. The largest absolute Gasteiger partial charge is 0.416 e. The zero-order valence-corrected chi connectivity index (χ0v) is 13.7. The Balaban J connectivity index is 2.00. The van der Waals surface area contributed by atoms with Crippen LogP contribution < -0.4 is 5.32 Å². The van der Waals surface area contributed by atoms with E-state index in [0.717, 1.165) is 17.5 Å². The van der Waals surface area contributed by atoms with E-state index in [1.165, 1.54) is 12.1 Å². The highest BCUT2D eigenvalue weighted by molar-refractivity contribution is 5.93. The highest BCUT2D eigenvalue weighted by Gasteiger charge is 2.30. The Hall–Kier alpha value is -2.64. The summed E-state index contributed by atoms with van der Waals surface area (Å²) >= 11 is 0. The first kappa shape index (κ1) is 18.2. The second-order valence-electron chi connectivity index (χ2n) is 5.86. The fourth-order valence-electron chi connectivity index (χ4n) is 2.59. The molecule has 7 heteroatoms. The normalized spacial score (nSPS) is 13.0. The maximum absolute atomic E-state index is 12.7. The smallest absolute Gasteiger partial charge is 0.394 e. The van der Waals surface area contributed by atoms with Crippen LogP contribution in [0.15, 0.2) is 54.6 Å². The molecule has 1 unspecified atom stereocenters. The van der Waals surface area contributed by atoms with Crippen LogP contribution in [0.4, 0.5) is 18.9 Å². The van der Waals surface area contributed by atoms with Gasteiger partial charge in [-0.3, -0.25) is 0 Å². The molecule has 3 aromatic rings. The number of fused-ring (bicyclic) bond motifs is 1. The van der Waals surface area contributed by atoms with Gasteiger partial charge in [0.05, 0.1) is 29.5 Å². The van der Waals surface area contributed by atoms with E-state index in [0.29, 0.717) is 22.5 Å². The van der Waals surface area contributed by atoms with Crippen LogP contribution in [0.3, 0.4) is 0 Å². The number of aliphatic hydroxyl groups is 2. The molecule has 26 heavy (non-hydrogen) atoms. The van der Waals surface area contributed by atoms with E-state index in [4.69, 9.17) is 5.11 Å². The van der Waals surface area contributed by atoms with Gasteiger partial charge >= 0.3 is 6.18 Å². The van der Waals surface area contributed by atoms with Crippen LogP contribution in [0.2, 0.25) is 0 Å². The zero-order chi connectivity index (χ0) is 18.7. The number of hydrogen-bond donors (Lipinski definition) is 3. The van der Waals surface area contributed by atoms with Gasteiger partial charge in [0.1, 0.15) is 0 Å².